The average molecular weight is 158 g/mol. The van der Waals surface area contributed by atoms with Crippen molar-refractivity contribution >= 4 is 18.5 Å². The van der Waals surface area contributed by atoms with E-state index in [1.165, 1.54) is 0 Å². The second-order valence-corrected chi connectivity index (χ2v) is 1.95. The third-order valence-corrected chi connectivity index (χ3v) is 1.10. The Hall–Kier alpha value is -1.24. The maximum absolute atomic E-state index is 10.3. The molecule has 0 bridgehead atoms. The third-order valence-electron chi connectivity index (χ3n) is 0.805. The standard InChI is InChI=1S/C3H4N5OS/c4-2(9)1-8-3(10)5-6-7-8/h1H2,(H2,4,9). The Bertz CT molecular complexity index is 245. The Morgan fingerprint density at radius 3 is 2.90 bits per heavy atom. The molecule has 1 heterocycles. The van der Waals surface area contributed by atoms with Crippen molar-refractivity contribution < 1.29 is 4.79 Å². The number of hydrogen-bond donors (Lipinski definition) is 1. The van der Waals surface area contributed by atoms with Gasteiger partial charge in [0.1, 0.15) is 6.54 Å². The zero-order valence-electron chi connectivity index (χ0n) is 4.89. The summed E-state index contributed by atoms with van der Waals surface area (Å²) in [6, 6.07) is 0. The van der Waals surface area contributed by atoms with Crippen LogP contribution in [0.5, 0.6) is 0 Å². The Morgan fingerprint density at radius 1 is 1.80 bits per heavy atom. The fourth-order valence-corrected chi connectivity index (χ4v) is 0.581. The molecule has 0 aromatic carbocycles. The minimum atomic E-state index is -0.515. The number of carbonyl (C=O) groups excluding carboxylic acids is 1. The first kappa shape index (κ1) is 6.87. The van der Waals surface area contributed by atoms with E-state index in [2.05, 4.69) is 28.2 Å². The number of amides is 1. The molecule has 0 atom stereocenters. The van der Waals surface area contributed by atoms with E-state index in [0.29, 0.717) is 0 Å². The SMILES string of the molecule is NC(=O)Cn1nnnc1[S]. The average Bonchev–Trinajstić information content (AvgIpc) is 2.15. The summed E-state index contributed by atoms with van der Waals surface area (Å²) in [5.74, 6) is -0.515. The van der Waals surface area contributed by atoms with Crippen LogP contribution in [0, 0.1) is 0 Å². The molecule has 1 amide bonds. The number of rotatable bonds is 2. The summed E-state index contributed by atoms with van der Waals surface area (Å²) in [5.41, 5.74) is 4.85. The molecule has 0 aliphatic rings. The van der Waals surface area contributed by atoms with Gasteiger partial charge in [0.05, 0.1) is 0 Å². The fraction of sp³-hybridized carbons (Fsp3) is 0.333. The van der Waals surface area contributed by atoms with Crippen LogP contribution in [-0.4, -0.2) is 26.1 Å². The van der Waals surface area contributed by atoms with E-state index in [0.717, 1.165) is 4.68 Å². The van der Waals surface area contributed by atoms with Crippen molar-refractivity contribution in [3.8, 4) is 0 Å². The summed E-state index contributed by atoms with van der Waals surface area (Å²) in [6.07, 6.45) is 0. The Labute approximate surface area is 61.8 Å². The Balaban J connectivity index is 2.74. The number of aromatic nitrogens is 4. The molecule has 0 fully saturated rings. The van der Waals surface area contributed by atoms with E-state index in [9.17, 15) is 4.79 Å². The second kappa shape index (κ2) is 2.56. The molecule has 0 saturated heterocycles. The van der Waals surface area contributed by atoms with Crippen molar-refractivity contribution in [1.29, 1.82) is 0 Å². The molecule has 1 rings (SSSR count). The van der Waals surface area contributed by atoms with Crippen molar-refractivity contribution in [3.63, 3.8) is 0 Å². The molecule has 7 heteroatoms. The zero-order chi connectivity index (χ0) is 7.56. The lowest BCUT2D eigenvalue weighted by Gasteiger charge is -1.92. The van der Waals surface area contributed by atoms with E-state index in [1.54, 1.807) is 0 Å². The lowest BCUT2D eigenvalue weighted by Crippen LogP contribution is -2.19. The van der Waals surface area contributed by atoms with Gasteiger partial charge in [-0.3, -0.25) is 4.79 Å². The van der Waals surface area contributed by atoms with Crippen molar-refractivity contribution in [2.75, 3.05) is 0 Å². The van der Waals surface area contributed by atoms with Crippen molar-refractivity contribution in [2.45, 2.75) is 11.7 Å². The smallest absolute Gasteiger partial charge is 0.240 e. The summed E-state index contributed by atoms with van der Waals surface area (Å²) in [4.78, 5) is 10.3. The molecule has 6 nitrogen and oxygen atoms in total. The number of nitrogens with zero attached hydrogens (tertiary/aromatic N) is 4. The minimum Gasteiger partial charge on any atom is -0.368 e. The largest absolute Gasteiger partial charge is 0.368 e. The van der Waals surface area contributed by atoms with Crippen LogP contribution >= 0.6 is 12.6 Å². The van der Waals surface area contributed by atoms with Gasteiger partial charge in [-0.05, 0) is 23.1 Å². The highest BCUT2D eigenvalue weighted by Crippen LogP contribution is 1.94. The number of primary amides is 1. The molecule has 1 aromatic rings. The Morgan fingerprint density at radius 2 is 2.50 bits per heavy atom. The van der Waals surface area contributed by atoms with E-state index in [4.69, 9.17) is 5.73 Å². The van der Waals surface area contributed by atoms with Gasteiger partial charge in [0, 0.05) is 0 Å². The lowest BCUT2D eigenvalue weighted by molar-refractivity contribution is -0.118. The van der Waals surface area contributed by atoms with Crippen LogP contribution < -0.4 is 5.73 Å². The normalized spacial score (nSPS) is 9.60. The predicted molar refractivity (Wildman–Crippen MR) is 32.9 cm³/mol. The van der Waals surface area contributed by atoms with Crippen LogP contribution in [0.2, 0.25) is 0 Å². The summed E-state index contributed by atoms with van der Waals surface area (Å²) in [7, 11) is 0. The highest BCUT2D eigenvalue weighted by atomic mass is 32.1. The number of carbonyl (C=O) groups is 1. The molecule has 0 unspecified atom stereocenters. The monoisotopic (exact) mass is 158 g/mol. The van der Waals surface area contributed by atoms with Crippen LogP contribution in [0.15, 0.2) is 5.16 Å². The van der Waals surface area contributed by atoms with Crippen molar-refractivity contribution in [2.24, 2.45) is 5.73 Å². The fourth-order valence-electron chi connectivity index (χ4n) is 0.443. The molecular formula is C3H4N5OS. The van der Waals surface area contributed by atoms with Gasteiger partial charge in [0.2, 0.25) is 11.1 Å². The number of hydrogen-bond acceptors (Lipinski definition) is 4. The quantitative estimate of drug-likeness (QED) is 0.580. The topological polar surface area (TPSA) is 86.7 Å². The van der Waals surface area contributed by atoms with Gasteiger partial charge in [-0.2, -0.15) is 0 Å². The molecule has 0 aliphatic carbocycles. The minimum absolute atomic E-state index is 0.0637. The maximum atomic E-state index is 10.3. The first-order chi connectivity index (χ1) is 4.70. The van der Waals surface area contributed by atoms with Gasteiger partial charge < -0.3 is 5.73 Å². The summed E-state index contributed by atoms with van der Waals surface area (Å²) >= 11 is 4.62. The molecule has 53 valence electrons. The van der Waals surface area contributed by atoms with Gasteiger partial charge in [0.15, 0.2) is 0 Å². The van der Waals surface area contributed by atoms with Crippen molar-refractivity contribution in [1.82, 2.24) is 20.2 Å². The molecule has 0 aliphatic heterocycles. The van der Waals surface area contributed by atoms with Gasteiger partial charge in [-0.15, -0.1) is 0 Å². The number of tetrazole rings is 1. The summed E-state index contributed by atoms with van der Waals surface area (Å²) in [6.45, 7) is -0.0637. The summed E-state index contributed by atoms with van der Waals surface area (Å²) < 4.78 is 1.15. The van der Waals surface area contributed by atoms with Crippen molar-refractivity contribution in [3.05, 3.63) is 0 Å². The van der Waals surface area contributed by atoms with Crippen LogP contribution in [0.25, 0.3) is 0 Å². The maximum Gasteiger partial charge on any atom is 0.240 e. The second-order valence-electron chi connectivity index (χ2n) is 1.59. The highest BCUT2D eigenvalue weighted by molar-refractivity contribution is 7.80. The molecule has 1 radical (unpaired) electrons. The Kier molecular flexibility index (Phi) is 1.76. The van der Waals surface area contributed by atoms with Crippen LogP contribution in [-0.2, 0) is 11.3 Å². The zero-order valence-corrected chi connectivity index (χ0v) is 5.71. The molecule has 1 aromatic heterocycles. The van der Waals surface area contributed by atoms with Gasteiger partial charge in [-0.25, -0.2) is 4.68 Å². The highest BCUT2D eigenvalue weighted by Gasteiger charge is 2.03. The summed E-state index contributed by atoms with van der Waals surface area (Å²) in [5, 5.41) is 10.2. The van der Waals surface area contributed by atoms with Gasteiger partial charge in [-0.1, -0.05) is 5.10 Å². The van der Waals surface area contributed by atoms with Crippen LogP contribution in [0.4, 0.5) is 0 Å². The first-order valence-electron chi connectivity index (χ1n) is 2.41. The molecular weight excluding hydrogens is 154 g/mol. The van der Waals surface area contributed by atoms with Gasteiger partial charge in [0.25, 0.3) is 0 Å². The lowest BCUT2D eigenvalue weighted by atomic mass is 10.6. The number of nitrogens with two attached hydrogens (primary N) is 1. The molecule has 0 spiro atoms. The van der Waals surface area contributed by atoms with E-state index in [1.807, 2.05) is 0 Å². The van der Waals surface area contributed by atoms with E-state index >= 15 is 0 Å². The van der Waals surface area contributed by atoms with Gasteiger partial charge >= 0.3 is 0 Å². The van der Waals surface area contributed by atoms with E-state index < -0.39 is 5.91 Å². The third kappa shape index (κ3) is 1.38. The van der Waals surface area contributed by atoms with Crippen LogP contribution in [0.1, 0.15) is 0 Å². The molecule has 0 saturated carbocycles. The first-order valence-corrected chi connectivity index (χ1v) is 2.82. The van der Waals surface area contributed by atoms with Crippen LogP contribution in [0.3, 0.4) is 0 Å². The molecule has 2 N–H and O–H groups in total. The molecule has 10 heavy (non-hydrogen) atoms. The predicted octanol–water partition coefficient (Wildman–Crippen LogP) is -1.29. The van der Waals surface area contributed by atoms with E-state index in [-0.39, 0.29) is 11.7 Å².